The highest BCUT2D eigenvalue weighted by Gasteiger charge is 2.23. The van der Waals surface area contributed by atoms with Crippen LogP contribution in [-0.2, 0) is 11.2 Å². The van der Waals surface area contributed by atoms with E-state index in [9.17, 15) is 9.90 Å². The van der Waals surface area contributed by atoms with Gasteiger partial charge in [0.15, 0.2) is 0 Å². The molecule has 0 aliphatic heterocycles. The Bertz CT molecular complexity index is 479. The average Bonchev–Trinajstić information content (AvgIpc) is 2.55. The summed E-state index contributed by atoms with van der Waals surface area (Å²) in [5.41, 5.74) is 1.09. The summed E-state index contributed by atoms with van der Waals surface area (Å²) >= 11 is 17.4. The molecule has 3 unspecified atom stereocenters. The van der Waals surface area contributed by atoms with Crippen molar-refractivity contribution < 1.29 is 15.0 Å². The van der Waals surface area contributed by atoms with Crippen LogP contribution in [0.3, 0.4) is 0 Å². The van der Waals surface area contributed by atoms with Crippen LogP contribution in [0.25, 0.3) is 0 Å². The molecule has 0 amide bonds. The highest BCUT2D eigenvalue weighted by atomic mass is 35.5. The van der Waals surface area contributed by atoms with Crippen molar-refractivity contribution in [3.05, 3.63) is 34.9 Å². The van der Waals surface area contributed by atoms with Crippen molar-refractivity contribution in [3.63, 3.8) is 0 Å². The lowest BCUT2D eigenvalue weighted by molar-refractivity contribution is -0.136. The van der Waals surface area contributed by atoms with Crippen LogP contribution in [-0.4, -0.2) is 33.0 Å². The third-order valence-electron chi connectivity index (χ3n) is 3.96. The second-order valence-corrected chi connectivity index (χ2v) is 7.55. The Hall–Kier alpha value is -0.480. The third-order valence-corrected chi connectivity index (χ3v) is 5.30. The fraction of sp³-hybridized carbons (Fsp3) is 0.611. The van der Waals surface area contributed by atoms with Crippen LogP contribution in [0.15, 0.2) is 24.3 Å². The molecule has 0 heterocycles. The molecule has 1 aromatic rings. The molecule has 3 nitrogen and oxygen atoms in total. The maximum absolute atomic E-state index is 10.7. The first kappa shape index (κ1) is 21.6. The van der Waals surface area contributed by atoms with Gasteiger partial charge in [0.05, 0.1) is 11.5 Å². The molecule has 2 N–H and O–H groups in total. The van der Waals surface area contributed by atoms with Crippen molar-refractivity contribution >= 4 is 40.8 Å². The van der Waals surface area contributed by atoms with Crippen LogP contribution >= 0.6 is 34.8 Å². The van der Waals surface area contributed by atoms with Crippen LogP contribution < -0.4 is 0 Å². The summed E-state index contributed by atoms with van der Waals surface area (Å²) in [5.74, 6) is -1.06. The number of halogens is 3. The zero-order valence-corrected chi connectivity index (χ0v) is 15.9. The number of hydrogen-bond donors (Lipinski definition) is 2. The number of carboxylic acids is 1. The van der Waals surface area contributed by atoms with E-state index in [1.807, 2.05) is 24.3 Å². The van der Waals surface area contributed by atoms with Gasteiger partial charge in [0.25, 0.3) is 0 Å². The van der Waals surface area contributed by atoms with Crippen molar-refractivity contribution in [1.82, 2.24) is 0 Å². The lowest BCUT2D eigenvalue weighted by atomic mass is 10.0. The molecule has 0 bridgehead atoms. The summed E-state index contributed by atoms with van der Waals surface area (Å²) in [5, 5.41) is 18.0. The smallest absolute Gasteiger partial charge is 0.323 e. The normalized spacial score (nSPS) is 15.0. The Kier molecular flexibility index (Phi) is 10.8. The molecule has 0 aliphatic rings. The summed E-state index contributed by atoms with van der Waals surface area (Å²) in [4.78, 5) is 10.7. The van der Waals surface area contributed by atoms with E-state index in [0.717, 1.165) is 44.1 Å². The first-order chi connectivity index (χ1) is 11.4. The minimum absolute atomic E-state index is 0.328. The van der Waals surface area contributed by atoms with Crippen molar-refractivity contribution in [1.29, 1.82) is 0 Å². The van der Waals surface area contributed by atoms with E-state index in [1.165, 1.54) is 0 Å². The standard InChI is InChI=1S/C18H25Cl3O3/c19-14-10-8-13(9-11-14)12-15(22)6-4-2-1-3-5-7-16(20)17(21)18(23)24/h8-11,15-17,22H,1-7,12H2,(H,23,24). The molecule has 6 heteroatoms. The van der Waals surface area contributed by atoms with Gasteiger partial charge in [-0.2, -0.15) is 0 Å². The van der Waals surface area contributed by atoms with Crippen LogP contribution in [0.4, 0.5) is 0 Å². The molecule has 0 fully saturated rings. The van der Waals surface area contributed by atoms with Gasteiger partial charge in [-0.3, -0.25) is 4.79 Å². The summed E-state index contributed by atoms with van der Waals surface area (Å²) in [6.07, 6.45) is 6.67. The van der Waals surface area contributed by atoms with Gasteiger partial charge < -0.3 is 10.2 Å². The monoisotopic (exact) mass is 394 g/mol. The molecule has 1 aromatic carbocycles. The molecule has 0 radical (unpaired) electrons. The molecule has 0 saturated heterocycles. The Morgan fingerprint density at radius 3 is 2.08 bits per heavy atom. The number of alkyl halides is 2. The number of unbranched alkanes of at least 4 members (excludes halogenated alkanes) is 4. The minimum Gasteiger partial charge on any atom is -0.480 e. The van der Waals surface area contributed by atoms with Crippen LogP contribution in [0, 0.1) is 0 Å². The SMILES string of the molecule is O=C(O)C(Cl)C(Cl)CCCCCCCC(O)Cc1ccc(Cl)cc1. The van der Waals surface area contributed by atoms with E-state index in [0.29, 0.717) is 17.9 Å². The van der Waals surface area contributed by atoms with E-state index >= 15 is 0 Å². The highest BCUT2D eigenvalue weighted by molar-refractivity contribution is 6.36. The summed E-state index contributed by atoms with van der Waals surface area (Å²) in [7, 11) is 0. The topological polar surface area (TPSA) is 57.5 Å². The quantitative estimate of drug-likeness (QED) is 0.374. The number of aliphatic hydroxyl groups excluding tert-OH is 1. The Morgan fingerprint density at radius 2 is 1.50 bits per heavy atom. The summed E-state index contributed by atoms with van der Waals surface area (Å²) in [6, 6.07) is 7.55. The maximum Gasteiger partial charge on any atom is 0.323 e. The predicted octanol–water partition coefficient (Wildman–Crippen LogP) is 5.27. The highest BCUT2D eigenvalue weighted by Crippen LogP contribution is 2.19. The Labute approximate surface area is 158 Å². The molecular weight excluding hydrogens is 371 g/mol. The molecule has 136 valence electrons. The number of hydrogen-bond acceptors (Lipinski definition) is 2. The second-order valence-electron chi connectivity index (χ2n) is 6.09. The molecule has 0 aromatic heterocycles. The number of carbonyl (C=O) groups is 1. The summed E-state index contributed by atoms with van der Waals surface area (Å²) < 4.78 is 0. The molecule has 0 aliphatic carbocycles. The van der Waals surface area contributed by atoms with Crippen molar-refractivity contribution in [2.45, 2.75) is 68.2 Å². The lowest BCUT2D eigenvalue weighted by Crippen LogP contribution is -2.24. The molecule has 0 spiro atoms. The first-order valence-electron chi connectivity index (χ1n) is 8.33. The average molecular weight is 396 g/mol. The van der Waals surface area contributed by atoms with Crippen molar-refractivity contribution in [2.24, 2.45) is 0 Å². The third kappa shape index (κ3) is 9.12. The van der Waals surface area contributed by atoms with Crippen LogP contribution in [0.5, 0.6) is 0 Å². The van der Waals surface area contributed by atoms with E-state index in [-0.39, 0.29) is 6.10 Å². The largest absolute Gasteiger partial charge is 0.480 e. The van der Waals surface area contributed by atoms with Gasteiger partial charge in [-0.15, -0.1) is 23.2 Å². The minimum atomic E-state index is -1.06. The van der Waals surface area contributed by atoms with Crippen molar-refractivity contribution in [2.75, 3.05) is 0 Å². The molecule has 1 rings (SSSR count). The van der Waals surface area contributed by atoms with Gasteiger partial charge in [-0.1, -0.05) is 55.8 Å². The van der Waals surface area contributed by atoms with E-state index in [1.54, 1.807) is 0 Å². The van der Waals surface area contributed by atoms with Gasteiger partial charge in [-0.05, 0) is 37.0 Å². The molecule has 24 heavy (non-hydrogen) atoms. The van der Waals surface area contributed by atoms with Gasteiger partial charge in [-0.25, -0.2) is 0 Å². The van der Waals surface area contributed by atoms with E-state index < -0.39 is 16.7 Å². The van der Waals surface area contributed by atoms with Gasteiger partial charge >= 0.3 is 5.97 Å². The van der Waals surface area contributed by atoms with E-state index in [2.05, 4.69) is 0 Å². The fourth-order valence-corrected chi connectivity index (χ4v) is 3.06. The number of aliphatic carboxylic acids is 1. The zero-order chi connectivity index (χ0) is 17.9. The van der Waals surface area contributed by atoms with Gasteiger partial charge in [0, 0.05) is 5.02 Å². The Balaban J connectivity index is 2.03. The fourth-order valence-electron chi connectivity index (χ4n) is 2.55. The summed E-state index contributed by atoms with van der Waals surface area (Å²) in [6.45, 7) is 0. The first-order valence-corrected chi connectivity index (χ1v) is 9.58. The number of rotatable bonds is 12. The Morgan fingerprint density at radius 1 is 0.958 bits per heavy atom. The van der Waals surface area contributed by atoms with Crippen molar-refractivity contribution in [3.8, 4) is 0 Å². The number of carboxylic acid groups (broad SMARTS) is 1. The molecule has 3 atom stereocenters. The van der Waals surface area contributed by atoms with Crippen LogP contribution in [0.1, 0.15) is 50.5 Å². The maximum atomic E-state index is 10.7. The molecular formula is C18H25Cl3O3. The zero-order valence-electron chi connectivity index (χ0n) is 13.6. The second kappa shape index (κ2) is 12.0. The predicted molar refractivity (Wildman–Crippen MR) is 100 cm³/mol. The van der Waals surface area contributed by atoms with Crippen LogP contribution in [0.2, 0.25) is 5.02 Å². The number of benzene rings is 1. The van der Waals surface area contributed by atoms with Gasteiger partial charge in [0.2, 0.25) is 0 Å². The lowest BCUT2D eigenvalue weighted by Gasteiger charge is -2.12. The van der Waals surface area contributed by atoms with Gasteiger partial charge in [0.1, 0.15) is 5.38 Å². The number of aliphatic hydroxyl groups is 1. The van der Waals surface area contributed by atoms with E-state index in [4.69, 9.17) is 39.9 Å². The molecule has 0 saturated carbocycles.